The van der Waals surface area contributed by atoms with Gasteiger partial charge in [-0.25, -0.2) is 4.98 Å². The monoisotopic (exact) mass is 324 g/mol. The maximum absolute atomic E-state index is 12.4. The number of carbonyl (C=O) groups is 2. The molecule has 7 heteroatoms. The molecule has 0 aliphatic carbocycles. The van der Waals surface area contributed by atoms with Crippen molar-refractivity contribution in [2.45, 2.75) is 13.8 Å². The van der Waals surface area contributed by atoms with Crippen LogP contribution in [-0.4, -0.2) is 40.0 Å². The third-order valence-electron chi connectivity index (χ3n) is 3.08. The molecular weight excluding hydrogens is 308 g/mol. The first kappa shape index (κ1) is 15.7. The molecule has 5 nitrogen and oxygen atoms in total. The molecule has 0 saturated heterocycles. The van der Waals surface area contributed by atoms with Gasteiger partial charge in [-0.1, -0.05) is 6.92 Å². The van der Waals surface area contributed by atoms with Crippen molar-refractivity contribution in [1.29, 1.82) is 0 Å². The highest BCUT2D eigenvalue weighted by molar-refractivity contribution is 7.14. The van der Waals surface area contributed by atoms with Crippen molar-refractivity contribution in [2.24, 2.45) is 5.92 Å². The number of carboxylic acid groups (broad SMARTS) is 1. The van der Waals surface area contributed by atoms with Crippen molar-refractivity contribution in [2.75, 3.05) is 13.1 Å². The van der Waals surface area contributed by atoms with Crippen molar-refractivity contribution in [3.8, 4) is 10.6 Å². The van der Waals surface area contributed by atoms with Gasteiger partial charge in [-0.05, 0) is 18.4 Å². The average molecular weight is 324 g/mol. The Morgan fingerprint density at radius 1 is 1.43 bits per heavy atom. The minimum Gasteiger partial charge on any atom is -0.481 e. The second-order valence-corrected chi connectivity index (χ2v) is 6.27. The maximum atomic E-state index is 12.4. The van der Waals surface area contributed by atoms with Crippen LogP contribution in [0.1, 0.15) is 24.3 Å². The van der Waals surface area contributed by atoms with E-state index in [1.54, 1.807) is 23.6 Å². The van der Waals surface area contributed by atoms with Gasteiger partial charge in [-0.15, -0.1) is 11.3 Å². The molecule has 21 heavy (non-hydrogen) atoms. The molecule has 112 valence electrons. The summed E-state index contributed by atoms with van der Waals surface area (Å²) in [5.41, 5.74) is 1.38. The van der Waals surface area contributed by atoms with Gasteiger partial charge in [0.1, 0.15) is 10.7 Å². The molecule has 1 atom stereocenters. The highest BCUT2D eigenvalue weighted by atomic mass is 32.1. The number of thiazole rings is 1. The summed E-state index contributed by atoms with van der Waals surface area (Å²) < 4.78 is 0. The normalized spacial score (nSPS) is 12.1. The van der Waals surface area contributed by atoms with Crippen LogP contribution in [0.25, 0.3) is 10.6 Å². The predicted molar refractivity (Wildman–Crippen MR) is 83.8 cm³/mol. The number of amides is 1. The van der Waals surface area contributed by atoms with Crippen LogP contribution >= 0.6 is 22.7 Å². The number of carbonyl (C=O) groups excluding carboxylic acids is 1. The maximum Gasteiger partial charge on any atom is 0.308 e. The number of hydrogen-bond acceptors (Lipinski definition) is 5. The number of rotatable bonds is 6. The molecule has 0 saturated carbocycles. The summed E-state index contributed by atoms with van der Waals surface area (Å²) in [5.74, 6) is -1.72. The summed E-state index contributed by atoms with van der Waals surface area (Å²) in [6.45, 7) is 4.08. The molecule has 0 bridgehead atoms. The van der Waals surface area contributed by atoms with Gasteiger partial charge in [0.25, 0.3) is 5.91 Å². The summed E-state index contributed by atoms with van der Waals surface area (Å²) in [6, 6.07) is 1.96. The van der Waals surface area contributed by atoms with Crippen molar-refractivity contribution >= 4 is 34.6 Å². The van der Waals surface area contributed by atoms with Crippen molar-refractivity contribution in [3.05, 3.63) is 27.9 Å². The fourth-order valence-electron chi connectivity index (χ4n) is 1.82. The third kappa shape index (κ3) is 3.68. The minimum atomic E-state index is -0.904. The Morgan fingerprint density at radius 3 is 2.76 bits per heavy atom. The van der Waals surface area contributed by atoms with Crippen LogP contribution in [0.4, 0.5) is 0 Å². The molecule has 2 aromatic heterocycles. The molecule has 2 rings (SSSR count). The Kier molecular flexibility index (Phi) is 5.08. The average Bonchev–Trinajstić information content (AvgIpc) is 3.13. The summed E-state index contributed by atoms with van der Waals surface area (Å²) in [5, 5.41) is 15.4. The number of nitrogens with zero attached hydrogens (tertiary/aromatic N) is 2. The minimum absolute atomic E-state index is 0.190. The van der Waals surface area contributed by atoms with E-state index in [2.05, 4.69) is 4.98 Å². The summed E-state index contributed by atoms with van der Waals surface area (Å²) in [4.78, 5) is 29.2. The Labute approximate surface area is 130 Å². The van der Waals surface area contributed by atoms with Crippen LogP contribution in [0.5, 0.6) is 0 Å². The Hall–Kier alpha value is -1.73. The topological polar surface area (TPSA) is 70.5 Å². The molecule has 0 spiro atoms. The lowest BCUT2D eigenvalue weighted by atomic mass is 10.1. The highest BCUT2D eigenvalue weighted by Crippen LogP contribution is 2.26. The van der Waals surface area contributed by atoms with E-state index < -0.39 is 11.9 Å². The SMILES string of the molecule is CCN(CC(C)C(=O)O)C(=O)c1csc(-c2ccsc2)n1. The molecule has 1 amide bonds. The summed E-state index contributed by atoms with van der Waals surface area (Å²) >= 11 is 3.00. The Morgan fingerprint density at radius 2 is 2.19 bits per heavy atom. The quantitative estimate of drug-likeness (QED) is 0.886. The van der Waals surface area contributed by atoms with Crippen LogP contribution in [0.15, 0.2) is 22.2 Å². The number of hydrogen-bond donors (Lipinski definition) is 1. The van der Waals surface area contributed by atoms with Crippen molar-refractivity contribution in [1.82, 2.24) is 9.88 Å². The number of aromatic nitrogens is 1. The smallest absolute Gasteiger partial charge is 0.308 e. The lowest BCUT2D eigenvalue weighted by molar-refractivity contribution is -0.141. The van der Waals surface area contributed by atoms with Crippen LogP contribution in [-0.2, 0) is 4.79 Å². The van der Waals surface area contributed by atoms with Gasteiger partial charge in [0.15, 0.2) is 0 Å². The number of aliphatic carboxylic acids is 1. The Balaban J connectivity index is 2.13. The van der Waals surface area contributed by atoms with E-state index in [-0.39, 0.29) is 12.5 Å². The predicted octanol–water partition coefficient (Wildman–Crippen LogP) is 3.05. The molecule has 0 aliphatic rings. The first-order valence-electron chi connectivity index (χ1n) is 6.53. The zero-order chi connectivity index (χ0) is 15.4. The fourth-order valence-corrected chi connectivity index (χ4v) is 3.32. The molecule has 0 aliphatic heterocycles. The molecular formula is C14H16N2O3S2. The van der Waals surface area contributed by atoms with Crippen LogP contribution < -0.4 is 0 Å². The van der Waals surface area contributed by atoms with Gasteiger partial charge in [-0.2, -0.15) is 11.3 Å². The van der Waals surface area contributed by atoms with Crippen molar-refractivity contribution < 1.29 is 14.7 Å². The summed E-state index contributed by atoms with van der Waals surface area (Å²) in [7, 11) is 0. The van der Waals surface area contributed by atoms with Crippen LogP contribution in [0.3, 0.4) is 0 Å². The molecule has 0 aromatic carbocycles. The molecule has 2 heterocycles. The molecule has 0 fully saturated rings. The second-order valence-electron chi connectivity index (χ2n) is 4.63. The first-order valence-corrected chi connectivity index (χ1v) is 8.35. The molecule has 2 aromatic rings. The molecule has 1 unspecified atom stereocenters. The highest BCUT2D eigenvalue weighted by Gasteiger charge is 2.22. The van der Waals surface area contributed by atoms with E-state index in [0.717, 1.165) is 10.6 Å². The van der Waals surface area contributed by atoms with E-state index >= 15 is 0 Å². The fraction of sp³-hybridized carbons (Fsp3) is 0.357. The standard InChI is InChI=1S/C14H16N2O3S2/c1-3-16(6-9(2)14(18)19)13(17)11-8-21-12(15-11)10-4-5-20-7-10/h4-5,7-9H,3,6H2,1-2H3,(H,18,19). The molecule has 0 radical (unpaired) electrons. The van der Waals surface area contributed by atoms with Gasteiger partial charge >= 0.3 is 5.97 Å². The van der Waals surface area contributed by atoms with Crippen LogP contribution in [0.2, 0.25) is 0 Å². The third-order valence-corrected chi connectivity index (χ3v) is 4.65. The van der Waals surface area contributed by atoms with Gasteiger partial charge in [0, 0.05) is 29.4 Å². The van der Waals surface area contributed by atoms with Crippen LogP contribution in [0, 0.1) is 5.92 Å². The van der Waals surface area contributed by atoms with E-state index in [9.17, 15) is 9.59 Å². The van der Waals surface area contributed by atoms with Gasteiger partial charge < -0.3 is 10.0 Å². The largest absolute Gasteiger partial charge is 0.481 e. The Bertz CT molecular complexity index is 622. The van der Waals surface area contributed by atoms with Gasteiger partial charge in [-0.3, -0.25) is 9.59 Å². The molecule has 1 N–H and O–H groups in total. The van der Waals surface area contributed by atoms with Gasteiger partial charge in [0.05, 0.1) is 5.92 Å². The summed E-state index contributed by atoms with van der Waals surface area (Å²) in [6.07, 6.45) is 0. The number of carboxylic acids is 1. The number of thiophene rings is 1. The van der Waals surface area contributed by atoms with Gasteiger partial charge in [0.2, 0.25) is 0 Å². The second kappa shape index (κ2) is 6.82. The van der Waals surface area contributed by atoms with E-state index in [1.807, 2.05) is 23.8 Å². The van der Waals surface area contributed by atoms with E-state index in [0.29, 0.717) is 12.2 Å². The zero-order valence-electron chi connectivity index (χ0n) is 11.8. The first-order chi connectivity index (χ1) is 10.0. The van der Waals surface area contributed by atoms with E-state index in [4.69, 9.17) is 5.11 Å². The van der Waals surface area contributed by atoms with E-state index in [1.165, 1.54) is 16.2 Å². The lowest BCUT2D eigenvalue weighted by Gasteiger charge is -2.21. The lowest BCUT2D eigenvalue weighted by Crippen LogP contribution is -2.36. The zero-order valence-corrected chi connectivity index (χ0v) is 13.4. The van der Waals surface area contributed by atoms with Crippen molar-refractivity contribution in [3.63, 3.8) is 0 Å².